The van der Waals surface area contributed by atoms with Gasteiger partial charge in [-0.15, -0.1) is 0 Å². The summed E-state index contributed by atoms with van der Waals surface area (Å²) < 4.78 is 5.49. The third kappa shape index (κ3) is 3.75. The maximum absolute atomic E-state index is 12.3. The molecule has 0 saturated carbocycles. The number of aliphatic hydroxyl groups excluding tert-OH is 1. The second-order valence-corrected chi connectivity index (χ2v) is 6.18. The van der Waals surface area contributed by atoms with Crippen molar-refractivity contribution in [3.8, 4) is 0 Å². The lowest BCUT2D eigenvalue weighted by molar-refractivity contribution is 0.0889. The maximum Gasteiger partial charge on any atom is 0.287 e. The SMILES string of the molecule is CN(C)c1ccc(C(O)CNC(=O)c2cc(=O)c3ccccc3o2)cc1. The summed E-state index contributed by atoms with van der Waals surface area (Å²) in [5, 5.41) is 13.3. The van der Waals surface area contributed by atoms with E-state index in [0.29, 0.717) is 16.5 Å². The van der Waals surface area contributed by atoms with Gasteiger partial charge >= 0.3 is 0 Å². The molecule has 1 heterocycles. The molecule has 0 saturated heterocycles. The minimum Gasteiger partial charge on any atom is -0.451 e. The summed E-state index contributed by atoms with van der Waals surface area (Å²) >= 11 is 0. The zero-order valence-electron chi connectivity index (χ0n) is 14.6. The summed E-state index contributed by atoms with van der Waals surface area (Å²) in [6.45, 7) is 0.0106. The summed E-state index contributed by atoms with van der Waals surface area (Å²) in [6.07, 6.45) is -0.859. The van der Waals surface area contributed by atoms with Crippen LogP contribution in [0.2, 0.25) is 0 Å². The molecule has 0 spiro atoms. The van der Waals surface area contributed by atoms with E-state index in [0.717, 1.165) is 11.8 Å². The molecule has 2 N–H and O–H groups in total. The number of anilines is 1. The number of rotatable bonds is 5. The molecule has 6 heteroatoms. The first kappa shape index (κ1) is 17.7. The van der Waals surface area contributed by atoms with Crippen LogP contribution in [0, 0.1) is 0 Å². The fourth-order valence-electron chi connectivity index (χ4n) is 2.60. The molecule has 3 rings (SSSR count). The van der Waals surface area contributed by atoms with Gasteiger partial charge in [-0.3, -0.25) is 9.59 Å². The van der Waals surface area contributed by atoms with E-state index in [1.54, 1.807) is 24.3 Å². The number of nitrogens with one attached hydrogen (secondary N) is 1. The highest BCUT2D eigenvalue weighted by molar-refractivity contribution is 5.93. The van der Waals surface area contributed by atoms with E-state index >= 15 is 0 Å². The highest BCUT2D eigenvalue weighted by Crippen LogP contribution is 2.18. The quantitative estimate of drug-likeness (QED) is 0.736. The predicted octanol–water partition coefficient (Wildman–Crippen LogP) is 2.32. The van der Waals surface area contributed by atoms with Gasteiger partial charge in [0.1, 0.15) is 5.58 Å². The van der Waals surface area contributed by atoms with E-state index in [1.807, 2.05) is 43.3 Å². The number of carbonyl (C=O) groups is 1. The van der Waals surface area contributed by atoms with Crippen molar-refractivity contribution in [2.24, 2.45) is 0 Å². The van der Waals surface area contributed by atoms with E-state index in [9.17, 15) is 14.7 Å². The molecule has 6 nitrogen and oxygen atoms in total. The molecule has 0 aliphatic carbocycles. The van der Waals surface area contributed by atoms with Gasteiger partial charge in [0, 0.05) is 32.4 Å². The summed E-state index contributed by atoms with van der Waals surface area (Å²) in [5.41, 5.74) is 1.78. The number of benzene rings is 2. The Morgan fingerprint density at radius 2 is 1.85 bits per heavy atom. The summed E-state index contributed by atoms with van der Waals surface area (Å²) in [5.74, 6) is -0.624. The van der Waals surface area contributed by atoms with E-state index in [1.165, 1.54) is 0 Å². The smallest absolute Gasteiger partial charge is 0.287 e. The summed E-state index contributed by atoms with van der Waals surface area (Å²) in [4.78, 5) is 26.3. The molecule has 1 atom stereocenters. The number of fused-ring (bicyclic) bond motifs is 1. The Hall–Kier alpha value is -3.12. The van der Waals surface area contributed by atoms with Gasteiger partial charge in [0.15, 0.2) is 11.2 Å². The number of aliphatic hydroxyl groups is 1. The first-order valence-electron chi connectivity index (χ1n) is 8.22. The van der Waals surface area contributed by atoms with E-state index in [2.05, 4.69) is 5.32 Å². The zero-order valence-corrected chi connectivity index (χ0v) is 14.6. The van der Waals surface area contributed by atoms with Crippen molar-refractivity contribution >= 4 is 22.6 Å². The highest BCUT2D eigenvalue weighted by atomic mass is 16.3. The Morgan fingerprint density at radius 3 is 2.54 bits per heavy atom. The molecule has 0 radical (unpaired) electrons. The lowest BCUT2D eigenvalue weighted by atomic mass is 10.1. The average molecular weight is 352 g/mol. The van der Waals surface area contributed by atoms with Crippen LogP contribution in [0.25, 0.3) is 11.0 Å². The van der Waals surface area contributed by atoms with Crippen LogP contribution in [0.15, 0.2) is 63.8 Å². The van der Waals surface area contributed by atoms with Crippen molar-refractivity contribution in [3.05, 3.63) is 76.1 Å². The standard InChI is InChI=1S/C20H20N2O4/c1-22(2)14-9-7-13(8-10-14)17(24)12-21-20(25)19-11-16(23)15-5-3-4-6-18(15)26-19/h3-11,17,24H,12H2,1-2H3,(H,21,25). The van der Waals surface area contributed by atoms with Crippen molar-refractivity contribution < 1.29 is 14.3 Å². The molecule has 2 aromatic carbocycles. The number of hydrogen-bond donors (Lipinski definition) is 2. The van der Waals surface area contributed by atoms with Gasteiger partial charge in [-0.1, -0.05) is 24.3 Å². The van der Waals surface area contributed by atoms with Crippen LogP contribution in [-0.4, -0.2) is 31.7 Å². The zero-order chi connectivity index (χ0) is 18.7. The Kier molecular flexibility index (Phi) is 5.04. The fourth-order valence-corrected chi connectivity index (χ4v) is 2.60. The Bertz CT molecular complexity index is 977. The van der Waals surface area contributed by atoms with Crippen LogP contribution in [-0.2, 0) is 0 Å². The second kappa shape index (κ2) is 7.41. The molecule has 0 fully saturated rings. The summed E-state index contributed by atoms with van der Waals surface area (Å²) in [7, 11) is 3.87. The minimum absolute atomic E-state index is 0.0106. The van der Waals surface area contributed by atoms with Crippen LogP contribution in [0.3, 0.4) is 0 Å². The number of carbonyl (C=O) groups excluding carboxylic acids is 1. The lowest BCUT2D eigenvalue weighted by Crippen LogP contribution is -2.29. The monoisotopic (exact) mass is 352 g/mol. The molecule has 3 aromatic rings. The lowest BCUT2D eigenvalue weighted by Gasteiger charge is -2.15. The van der Waals surface area contributed by atoms with Gasteiger partial charge in [-0.2, -0.15) is 0 Å². The van der Waals surface area contributed by atoms with Crippen LogP contribution in [0.4, 0.5) is 5.69 Å². The molecular formula is C20H20N2O4. The number of nitrogens with zero attached hydrogens (tertiary/aromatic N) is 1. The Labute approximate surface area is 150 Å². The van der Waals surface area contributed by atoms with Crippen molar-refractivity contribution in [1.29, 1.82) is 0 Å². The topological polar surface area (TPSA) is 82.8 Å². The number of amides is 1. The Balaban J connectivity index is 1.69. The minimum atomic E-state index is -0.859. The number of para-hydroxylation sites is 1. The molecule has 1 unspecified atom stereocenters. The molecule has 0 bridgehead atoms. The second-order valence-electron chi connectivity index (χ2n) is 6.18. The molecule has 0 aliphatic heterocycles. The maximum atomic E-state index is 12.3. The number of hydrogen-bond acceptors (Lipinski definition) is 5. The third-order valence-corrected chi connectivity index (χ3v) is 4.11. The first-order valence-corrected chi connectivity index (χ1v) is 8.22. The fraction of sp³-hybridized carbons (Fsp3) is 0.200. The molecule has 1 aromatic heterocycles. The molecule has 0 aliphatic rings. The molecule has 134 valence electrons. The van der Waals surface area contributed by atoms with Crippen LogP contribution in [0.5, 0.6) is 0 Å². The van der Waals surface area contributed by atoms with Gasteiger partial charge in [-0.25, -0.2) is 0 Å². The van der Waals surface area contributed by atoms with Gasteiger partial charge in [0.2, 0.25) is 0 Å². The van der Waals surface area contributed by atoms with Crippen LogP contribution < -0.4 is 15.6 Å². The van der Waals surface area contributed by atoms with Crippen LogP contribution >= 0.6 is 0 Å². The van der Waals surface area contributed by atoms with Crippen molar-refractivity contribution in [2.75, 3.05) is 25.5 Å². The third-order valence-electron chi connectivity index (χ3n) is 4.11. The Morgan fingerprint density at radius 1 is 1.15 bits per heavy atom. The van der Waals surface area contributed by atoms with E-state index in [-0.39, 0.29) is 17.7 Å². The normalized spacial score (nSPS) is 12.0. The van der Waals surface area contributed by atoms with Crippen LogP contribution in [0.1, 0.15) is 22.2 Å². The van der Waals surface area contributed by atoms with E-state index < -0.39 is 12.0 Å². The van der Waals surface area contributed by atoms with Gasteiger partial charge in [0.05, 0.1) is 11.5 Å². The van der Waals surface area contributed by atoms with Gasteiger partial charge < -0.3 is 19.7 Å². The van der Waals surface area contributed by atoms with E-state index in [4.69, 9.17) is 4.42 Å². The molecular weight excluding hydrogens is 332 g/mol. The predicted molar refractivity (Wildman–Crippen MR) is 101 cm³/mol. The molecule has 26 heavy (non-hydrogen) atoms. The van der Waals surface area contributed by atoms with Gasteiger partial charge in [-0.05, 0) is 29.8 Å². The first-order chi connectivity index (χ1) is 12.5. The molecule has 1 amide bonds. The van der Waals surface area contributed by atoms with Gasteiger partial charge in [0.25, 0.3) is 5.91 Å². The largest absolute Gasteiger partial charge is 0.451 e. The van der Waals surface area contributed by atoms with Crippen molar-refractivity contribution in [2.45, 2.75) is 6.10 Å². The average Bonchev–Trinajstić information content (AvgIpc) is 2.65. The highest BCUT2D eigenvalue weighted by Gasteiger charge is 2.14. The van der Waals surface area contributed by atoms with Crippen molar-refractivity contribution in [3.63, 3.8) is 0 Å². The summed E-state index contributed by atoms with van der Waals surface area (Å²) in [6, 6.07) is 15.3. The van der Waals surface area contributed by atoms with Crippen molar-refractivity contribution in [1.82, 2.24) is 5.32 Å².